The van der Waals surface area contributed by atoms with Crippen LogP contribution in [0.4, 0.5) is 4.39 Å². The van der Waals surface area contributed by atoms with Crippen LogP contribution in [0.25, 0.3) is 0 Å². The third-order valence-electron chi connectivity index (χ3n) is 5.61. The molecule has 0 fully saturated rings. The van der Waals surface area contributed by atoms with Crippen molar-refractivity contribution in [1.29, 1.82) is 0 Å². The molecular formula is C28H30ClFN2O2. The summed E-state index contributed by atoms with van der Waals surface area (Å²) in [6.07, 6.45) is 2.30. The fourth-order valence-electron chi connectivity index (χ4n) is 3.77. The number of hydrogen-bond donors (Lipinski definition) is 1. The van der Waals surface area contributed by atoms with E-state index in [1.807, 2.05) is 36.4 Å². The Morgan fingerprint density at radius 1 is 0.941 bits per heavy atom. The molecule has 0 aliphatic carbocycles. The first-order valence-corrected chi connectivity index (χ1v) is 11.9. The zero-order valence-electron chi connectivity index (χ0n) is 19.3. The summed E-state index contributed by atoms with van der Waals surface area (Å²) < 4.78 is 13.5. The molecule has 0 bridgehead atoms. The predicted molar refractivity (Wildman–Crippen MR) is 134 cm³/mol. The minimum Gasteiger partial charge on any atom is -0.354 e. The number of amides is 2. The number of carbonyl (C=O) groups is 2. The molecule has 34 heavy (non-hydrogen) atoms. The molecule has 6 heteroatoms. The summed E-state index contributed by atoms with van der Waals surface area (Å²) in [7, 11) is 0. The number of nitrogens with zero attached hydrogens (tertiary/aromatic N) is 1. The van der Waals surface area contributed by atoms with E-state index in [9.17, 15) is 14.0 Å². The van der Waals surface area contributed by atoms with Crippen LogP contribution in [0.5, 0.6) is 0 Å². The van der Waals surface area contributed by atoms with Gasteiger partial charge in [-0.15, -0.1) is 0 Å². The van der Waals surface area contributed by atoms with E-state index in [-0.39, 0.29) is 30.6 Å². The third kappa shape index (κ3) is 7.70. The van der Waals surface area contributed by atoms with Gasteiger partial charge in [0.2, 0.25) is 11.8 Å². The van der Waals surface area contributed by atoms with Gasteiger partial charge >= 0.3 is 0 Å². The molecule has 3 aromatic rings. The maximum atomic E-state index is 13.6. The van der Waals surface area contributed by atoms with E-state index in [2.05, 4.69) is 12.2 Å². The van der Waals surface area contributed by atoms with Crippen LogP contribution < -0.4 is 5.32 Å². The summed E-state index contributed by atoms with van der Waals surface area (Å²) in [4.78, 5) is 28.5. The van der Waals surface area contributed by atoms with Crippen molar-refractivity contribution in [3.8, 4) is 0 Å². The molecule has 3 aromatic carbocycles. The first kappa shape index (κ1) is 25.4. The first-order chi connectivity index (χ1) is 16.5. The lowest BCUT2D eigenvalue weighted by molar-refractivity contribution is -0.140. The number of hydrogen-bond acceptors (Lipinski definition) is 2. The Balaban J connectivity index is 1.93. The second-order valence-corrected chi connectivity index (χ2v) is 8.74. The van der Waals surface area contributed by atoms with Gasteiger partial charge in [0.1, 0.15) is 11.9 Å². The number of carbonyl (C=O) groups excluding carboxylic acids is 2. The van der Waals surface area contributed by atoms with Crippen molar-refractivity contribution in [2.75, 3.05) is 6.54 Å². The first-order valence-electron chi connectivity index (χ1n) is 11.6. The zero-order chi connectivity index (χ0) is 24.3. The van der Waals surface area contributed by atoms with Crippen LogP contribution in [0.15, 0.2) is 78.9 Å². The number of halogens is 2. The molecule has 0 saturated heterocycles. The Labute approximate surface area is 205 Å². The largest absolute Gasteiger partial charge is 0.354 e. The number of nitrogens with one attached hydrogen (secondary N) is 1. The lowest BCUT2D eigenvalue weighted by atomic mass is 10.0. The average Bonchev–Trinajstić information content (AvgIpc) is 2.83. The molecule has 0 heterocycles. The number of rotatable bonds is 11. The van der Waals surface area contributed by atoms with Crippen molar-refractivity contribution in [3.63, 3.8) is 0 Å². The Morgan fingerprint density at radius 2 is 1.65 bits per heavy atom. The Bertz CT molecular complexity index is 1070. The Hall–Kier alpha value is -3.18. The number of unbranched alkanes of at least 4 members (excludes halogenated alkanes) is 1. The minimum atomic E-state index is -0.712. The van der Waals surface area contributed by atoms with Crippen molar-refractivity contribution in [3.05, 3.63) is 106 Å². The van der Waals surface area contributed by atoms with Crippen molar-refractivity contribution in [2.45, 2.75) is 45.2 Å². The third-order valence-corrected chi connectivity index (χ3v) is 5.85. The Kier molecular flexibility index (Phi) is 9.65. The normalized spacial score (nSPS) is 11.6. The van der Waals surface area contributed by atoms with Crippen LogP contribution in [0.1, 0.15) is 36.5 Å². The molecule has 0 radical (unpaired) electrons. The summed E-state index contributed by atoms with van der Waals surface area (Å²) in [6, 6.07) is 22.1. The van der Waals surface area contributed by atoms with Crippen LogP contribution in [0, 0.1) is 5.82 Å². The number of benzene rings is 3. The molecule has 4 nitrogen and oxygen atoms in total. The summed E-state index contributed by atoms with van der Waals surface area (Å²) in [5.41, 5.74) is 2.48. The molecule has 178 valence electrons. The lowest BCUT2D eigenvalue weighted by Crippen LogP contribution is -2.51. The molecule has 0 aliphatic heterocycles. The van der Waals surface area contributed by atoms with Gasteiger partial charge in [0.25, 0.3) is 0 Å². The predicted octanol–water partition coefficient (Wildman–Crippen LogP) is 5.58. The second-order valence-electron chi connectivity index (χ2n) is 8.30. The van der Waals surface area contributed by atoms with Crippen molar-refractivity contribution in [2.24, 2.45) is 0 Å². The topological polar surface area (TPSA) is 49.4 Å². The summed E-state index contributed by atoms with van der Waals surface area (Å²) in [5, 5.41) is 3.54. The highest BCUT2D eigenvalue weighted by Gasteiger charge is 2.30. The zero-order valence-corrected chi connectivity index (χ0v) is 20.1. The summed E-state index contributed by atoms with van der Waals surface area (Å²) >= 11 is 6.12. The molecule has 0 unspecified atom stereocenters. The fraction of sp³-hybridized carbons (Fsp3) is 0.286. The molecule has 3 rings (SSSR count). The summed E-state index contributed by atoms with van der Waals surface area (Å²) in [6.45, 7) is 2.80. The standard InChI is InChI=1S/C28H30ClFN2O2/c1-2-3-16-31-28(34)26(18-21-8-5-4-6-9-21)32(20-22-12-14-25(30)15-13-22)27(33)19-23-10-7-11-24(29)17-23/h4-15,17,26H,2-3,16,18-20H2,1H3,(H,31,34)/t26-/m0/s1. The maximum absolute atomic E-state index is 13.6. The van der Waals surface area contributed by atoms with Crippen molar-refractivity contribution < 1.29 is 14.0 Å². The fourth-order valence-corrected chi connectivity index (χ4v) is 3.98. The highest BCUT2D eigenvalue weighted by Crippen LogP contribution is 2.18. The van der Waals surface area contributed by atoms with Crippen LogP contribution in [0.3, 0.4) is 0 Å². The monoisotopic (exact) mass is 480 g/mol. The van der Waals surface area contributed by atoms with Gasteiger partial charge in [-0.2, -0.15) is 0 Å². The minimum absolute atomic E-state index is 0.106. The van der Waals surface area contributed by atoms with E-state index < -0.39 is 6.04 Å². The van der Waals surface area contributed by atoms with E-state index in [4.69, 9.17) is 11.6 Å². The smallest absolute Gasteiger partial charge is 0.243 e. The van der Waals surface area contributed by atoms with Gasteiger partial charge in [-0.05, 0) is 47.4 Å². The molecule has 0 spiro atoms. The molecule has 0 aliphatic rings. The van der Waals surface area contributed by atoms with E-state index in [1.165, 1.54) is 12.1 Å². The van der Waals surface area contributed by atoms with E-state index in [0.29, 0.717) is 18.0 Å². The molecular weight excluding hydrogens is 451 g/mol. The molecule has 0 aromatic heterocycles. The van der Waals surface area contributed by atoms with Crippen molar-refractivity contribution in [1.82, 2.24) is 10.2 Å². The van der Waals surface area contributed by atoms with Crippen molar-refractivity contribution >= 4 is 23.4 Å². The second kappa shape index (κ2) is 12.9. The van der Waals surface area contributed by atoms with Gasteiger partial charge < -0.3 is 10.2 Å². The molecule has 1 N–H and O–H groups in total. The van der Waals surface area contributed by atoms with Crippen LogP contribution in [-0.2, 0) is 29.0 Å². The van der Waals surface area contributed by atoms with Gasteiger partial charge in [-0.3, -0.25) is 9.59 Å². The molecule has 1 atom stereocenters. The Morgan fingerprint density at radius 3 is 2.32 bits per heavy atom. The SMILES string of the molecule is CCCCNC(=O)[C@H](Cc1ccccc1)N(Cc1ccc(F)cc1)C(=O)Cc1cccc(Cl)c1. The van der Waals surface area contributed by atoms with Gasteiger partial charge in [-0.1, -0.05) is 79.5 Å². The highest BCUT2D eigenvalue weighted by atomic mass is 35.5. The lowest BCUT2D eigenvalue weighted by Gasteiger charge is -2.31. The van der Waals surface area contributed by atoms with Crippen LogP contribution in [-0.4, -0.2) is 29.3 Å². The van der Waals surface area contributed by atoms with Gasteiger partial charge in [0, 0.05) is 24.5 Å². The van der Waals surface area contributed by atoms with E-state index in [0.717, 1.165) is 29.5 Å². The van der Waals surface area contributed by atoms with Crippen LogP contribution >= 0.6 is 11.6 Å². The average molecular weight is 481 g/mol. The maximum Gasteiger partial charge on any atom is 0.243 e. The van der Waals surface area contributed by atoms with E-state index >= 15 is 0 Å². The highest BCUT2D eigenvalue weighted by molar-refractivity contribution is 6.30. The molecule has 2 amide bonds. The van der Waals surface area contributed by atoms with Crippen LogP contribution in [0.2, 0.25) is 5.02 Å². The summed E-state index contributed by atoms with van der Waals surface area (Å²) in [5.74, 6) is -0.740. The van der Waals surface area contributed by atoms with E-state index in [1.54, 1.807) is 35.2 Å². The quantitative estimate of drug-likeness (QED) is 0.364. The van der Waals surface area contributed by atoms with Gasteiger partial charge in [0.05, 0.1) is 6.42 Å². The molecule has 0 saturated carbocycles. The van der Waals surface area contributed by atoms with Gasteiger partial charge in [0.15, 0.2) is 0 Å². The van der Waals surface area contributed by atoms with Gasteiger partial charge in [-0.25, -0.2) is 4.39 Å².